The first-order chi connectivity index (χ1) is 14.5. The van der Waals surface area contributed by atoms with Crippen molar-refractivity contribution in [2.24, 2.45) is 0 Å². The standard InChI is InChI=1S/C23H27BrN2O4/c1-3-12-30-21-19(24)14-17(15-20(21)29-2)22(27)25-18-9-7-8-16(13-18)23(28)26-10-5-4-6-11-26/h7-9,13-15H,3-6,10-12H2,1-2H3,(H,25,27). The number of likely N-dealkylation sites (tertiary alicyclic amines) is 1. The Kier molecular flexibility index (Phi) is 7.74. The van der Waals surface area contributed by atoms with Gasteiger partial charge in [0, 0.05) is 29.9 Å². The van der Waals surface area contributed by atoms with E-state index in [0.717, 1.165) is 32.4 Å². The second kappa shape index (κ2) is 10.5. The Hall–Kier alpha value is -2.54. The van der Waals surface area contributed by atoms with Crippen LogP contribution in [0.15, 0.2) is 40.9 Å². The Balaban J connectivity index is 1.76. The lowest BCUT2D eigenvalue weighted by Gasteiger charge is -2.26. The van der Waals surface area contributed by atoms with E-state index in [-0.39, 0.29) is 11.8 Å². The number of anilines is 1. The van der Waals surface area contributed by atoms with Gasteiger partial charge in [-0.3, -0.25) is 9.59 Å². The minimum absolute atomic E-state index is 0.00707. The van der Waals surface area contributed by atoms with Crippen LogP contribution >= 0.6 is 15.9 Å². The van der Waals surface area contributed by atoms with Crippen LogP contribution in [0.3, 0.4) is 0 Å². The normalized spacial score (nSPS) is 13.6. The van der Waals surface area contributed by atoms with Crippen molar-refractivity contribution in [3.8, 4) is 11.5 Å². The number of piperidine rings is 1. The van der Waals surface area contributed by atoms with Gasteiger partial charge in [-0.25, -0.2) is 0 Å². The zero-order valence-corrected chi connectivity index (χ0v) is 19.0. The molecular formula is C23H27BrN2O4. The van der Waals surface area contributed by atoms with Crippen molar-refractivity contribution in [1.82, 2.24) is 4.90 Å². The van der Waals surface area contributed by atoms with Crippen LogP contribution < -0.4 is 14.8 Å². The zero-order chi connectivity index (χ0) is 21.5. The molecule has 0 aliphatic carbocycles. The molecule has 0 radical (unpaired) electrons. The SMILES string of the molecule is CCCOc1c(Br)cc(C(=O)Nc2cccc(C(=O)N3CCCCC3)c2)cc1OC. The van der Waals surface area contributed by atoms with E-state index in [4.69, 9.17) is 9.47 Å². The molecule has 2 amide bonds. The van der Waals surface area contributed by atoms with Crippen LogP contribution in [0.2, 0.25) is 0 Å². The number of amides is 2. The number of hydrogen-bond donors (Lipinski definition) is 1. The average molecular weight is 475 g/mol. The van der Waals surface area contributed by atoms with E-state index in [1.165, 1.54) is 13.5 Å². The van der Waals surface area contributed by atoms with E-state index in [1.807, 2.05) is 11.8 Å². The van der Waals surface area contributed by atoms with Crippen LogP contribution in [0.4, 0.5) is 5.69 Å². The van der Waals surface area contributed by atoms with E-state index in [1.54, 1.807) is 36.4 Å². The van der Waals surface area contributed by atoms with Gasteiger partial charge >= 0.3 is 0 Å². The van der Waals surface area contributed by atoms with Crippen molar-refractivity contribution in [3.63, 3.8) is 0 Å². The number of ether oxygens (including phenoxy) is 2. The summed E-state index contributed by atoms with van der Waals surface area (Å²) in [4.78, 5) is 27.4. The Labute approximate surface area is 185 Å². The maximum atomic E-state index is 12.8. The van der Waals surface area contributed by atoms with Gasteiger partial charge in [0.15, 0.2) is 11.5 Å². The molecule has 0 unspecified atom stereocenters. The maximum absolute atomic E-state index is 12.8. The van der Waals surface area contributed by atoms with Crippen molar-refractivity contribution >= 4 is 33.4 Å². The third-order valence-corrected chi connectivity index (χ3v) is 5.54. The van der Waals surface area contributed by atoms with E-state index in [2.05, 4.69) is 21.2 Å². The molecule has 0 bridgehead atoms. The van der Waals surface area contributed by atoms with E-state index in [0.29, 0.717) is 39.4 Å². The molecule has 2 aromatic carbocycles. The Bertz CT molecular complexity index is 910. The topological polar surface area (TPSA) is 67.9 Å². The molecule has 1 aliphatic heterocycles. The number of hydrogen-bond acceptors (Lipinski definition) is 4. The summed E-state index contributed by atoms with van der Waals surface area (Å²) in [6.07, 6.45) is 4.11. The fraction of sp³-hybridized carbons (Fsp3) is 0.391. The predicted octanol–water partition coefficient (Wildman–Crippen LogP) is 5.12. The minimum Gasteiger partial charge on any atom is -0.493 e. The summed E-state index contributed by atoms with van der Waals surface area (Å²) in [5, 5.41) is 2.87. The molecule has 1 fully saturated rings. The van der Waals surface area contributed by atoms with Crippen LogP contribution in [-0.4, -0.2) is 43.5 Å². The quantitative estimate of drug-likeness (QED) is 0.604. The van der Waals surface area contributed by atoms with Crippen molar-refractivity contribution in [3.05, 3.63) is 52.0 Å². The summed E-state index contributed by atoms with van der Waals surface area (Å²) < 4.78 is 11.8. The van der Waals surface area contributed by atoms with Crippen molar-refractivity contribution in [2.75, 3.05) is 32.1 Å². The largest absolute Gasteiger partial charge is 0.493 e. The summed E-state index contributed by atoms with van der Waals surface area (Å²) >= 11 is 3.46. The molecule has 0 saturated carbocycles. The molecule has 7 heteroatoms. The molecule has 2 aromatic rings. The van der Waals surface area contributed by atoms with Crippen molar-refractivity contribution in [1.29, 1.82) is 0 Å². The van der Waals surface area contributed by atoms with E-state index >= 15 is 0 Å². The number of nitrogens with zero attached hydrogens (tertiary/aromatic N) is 1. The summed E-state index contributed by atoms with van der Waals surface area (Å²) in [6, 6.07) is 10.4. The van der Waals surface area contributed by atoms with Gasteiger partial charge in [0.2, 0.25) is 0 Å². The molecule has 1 aliphatic rings. The molecular weight excluding hydrogens is 448 g/mol. The van der Waals surface area contributed by atoms with Crippen LogP contribution in [0.25, 0.3) is 0 Å². The van der Waals surface area contributed by atoms with Crippen LogP contribution in [-0.2, 0) is 0 Å². The molecule has 0 spiro atoms. The predicted molar refractivity (Wildman–Crippen MR) is 121 cm³/mol. The van der Waals surface area contributed by atoms with Crippen LogP contribution in [0.5, 0.6) is 11.5 Å². The third-order valence-electron chi connectivity index (χ3n) is 4.95. The molecule has 160 valence electrons. The molecule has 1 N–H and O–H groups in total. The first-order valence-corrected chi connectivity index (χ1v) is 11.0. The number of rotatable bonds is 7. The second-order valence-corrected chi connectivity index (χ2v) is 8.08. The average Bonchev–Trinajstić information content (AvgIpc) is 2.78. The number of halogens is 1. The van der Waals surface area contributed by atoms with Gasteiger partial charge in [0.25, 0.3) is 11.8 Å². The first kappa shape index (κ1) is 22.2. The van der Waals surface area contributed by atoms with E-state index < -0.39 is 0 Å². The van der Waals surface area contributed by atoms with Crippen molar-refractivity contribution < 1.29 is 19.1 Å². The lowest BCUT2D eigenvalue weighted by atomic mass is 10.1. The third kappa shape index (κ3) is 5.33. The Morgan fingerprint density at radius 1 is 1.10 bits per heavy atom. The highest BCUT2D eigenvalue weighted by Crippen LogP contribution is 2.37. The fourth-order valence-electron chi connectivity index (χ4n) is 3.41. The van der Waals surface area contributed by atoms with Gasteiger partial charge in [-0.1, -0.05) is 13.0 Å². The number of carbonyl (C=O) groups excluding carboxylic acids is 2. The van der Waals surface area contributed by atoms with Crippen LogP contribution in [0, 0.1) is 0 Å². The highest BCUT2D eigenvalue weighted by atomic mass is 79.9. The summed E-state index contributed by atoms with van der Waals surface area (Å²) in [7, 11) is 1.54. The zero-order valence-electron chi connectivity index (χ0n) is 17.4. The molecule has 1 saturated heterocycles. The molecule has 0 atom stereocenters. The van der Waals surface area contributed by atoms with Gasteiger partial charge in [0.1, 0.15) is 0 Å². The highest BCUT2D eigenvalue weighted by molar-refractivity contribution is 9.10. The summed E-state index contributed by atoms with van der Waals surface area (Å²) in [6.45, 7) is 4.15. The van der Waals surface area contributed by atoms with Gasteiger partial charge in [0.05, 0.1) is 18.2 Å². The molecule has 6 nitrogen and oxygen atoms in total. The highest BCUT2D eigenvalue weighted by Gasteiger charge is 2.19. The molecule has 0 aromatic heterocycles. The molecule has 1 heterocycles. The molecule has 30 heavy (non-hydrogen) atoms. The van der Waals surface area contributed by atoms with Gasteiger partial charge in [-0.05, 0) is 71.9 Å². The number of nitrogens with one attached hydrogen (secondary N) is 1. The van der Waals surface area contributed by atoms with Gasteiger partial charge in [-0.15, -0.1) is 0 Å². The maximum Gasteiger partial charge on any atom is 0.255 e. The minimum atomic E-state index is -0.293. The lowest BCUT2D eigenvalue weighted by molar-refractivity contribution is 0.0724. The number of carbonyl (C=O) groups is 2. The first-order valence-electron chi connectivity index (χ1n) is 10.2. The van der Waals surface area contributed by atoms with Gasteiger partial charge < -0.3 is 19.7 Å². The van der Waals surface area contributed by atoms with E-state index in [9.17, 15) is 9.59 Å². The Morgan fingerprint density at radius 2 is 1.87 bits per heavy atom. The number of methoxy groups -OCH3 is 1. The summed E-state index contributed by atoms with van der Waals surface area (Å²) in [5.41, 5.74) is 1.58. The molecule has 3 rings (SSSR count). The van der Waals surface area contributed by atoms with Gasteiger partial charge in [-0.2, -0.15) is 0 Å². The fourth-order valence-corrected chi connectivity index (χ4v) is 3.96. The van der Waals surface area contributed by atoms with Crippen molar-refractivity contribution in [2.45, 2.75) is 32.6 Å². The summed E-state index contributed by atoms with van der Waals surface area (Å²) in [5.74, 6) is 0.772. The second-order valence-electron chi connectivity index (χ2n) is 7.23. The lowest BCUT2D eigenvalue weighted by Crippen LogP contribution is -2.35. The smallest absolute Gasteiger partial charge is 0.255 e. The number of benzene rings is 2. The van der Waals surface area contributed by atoms with Crippen LogP contribution in [0.1, 0.15) is 53.3 Å². The Morgan fingerprint density at radius 3 is 2.57 bits per heavy atom. The monoisotopic (exact) mass is 474 g/mol.